The minimum Gasteiger partial charge on any atom is -0.496 e. The van der Waals surface area contributed by atoms with Gasteiger partial charge in [-0.25, -0.2) is 4.99 Å². The van der Waals surface area contributed by atoms with Crippen molar-refractivity contribution in [2.24, 2.45) is 4.99 Å². The number of aliphatic imine (C=N–C) groups is 1. The number of amidine groups is 1. The third kappa shape index (κ3) is 4.06. The molecule has 4 nitrogen and oxygen atoms in total. The van der Waals surface area contributed by atoms with Gasteiger partial charge in [0.1, 0.15) is 5.75 Å². The van der Waals surface area contributed by atoms with E-state index in [1.807, 2.05) is 50.3 Å². The molecule has 0 saturated carbocycles. The summed E-state index contributed by atoms with van der Waals surface area (Å²) in [7, 11) is 1.64. The number of aryl methyl sites for hydroxylation is 2. The van der Waals surface area contributed by atoms with Crippen LogP contribution in [0.2, 0.25) is 5.02 Å². The second-order valence-corrected chi connectivity index (χ2v) is 7.11. The van der Waals surface area contributed by atoms with Gasteiger partial charge in [0.25, 0.3) is 5.91 Å². The Balaban J connectivity index is 1.84. The van der Waals surface area contributed by atoms with Crippen LogP contribution < -0.4 is 10.1 Å². The lowest BCUT2D eigenvalue weighted by molar-refractivity contribution is -0.115. The molecule has 0 aromatic heterocycles. The standard InChI is InChI=1S/C19H17ClN2O2S/c1-11-9-14(20)5-6-15(11)21-19-22-18(23)17(25-19)10-13-4-7-16(24-3)12(2)8-13/h4-10H,1-3H3,(H,21,22,23)/b17-10-. The van der Waals surface area contributed by atoms with Crippen molar-refractivity contribution in [1.29, 1.82) is 0 Å². The Bertz CT molecular complexity index is 906. The number of hydrogen-bond donors (Lipinski definition) is 1. The number of benzene rings is 2. The quantitative estimate of drug-likeness (QED) is 0.783. The fourth-order valence-corrected chi connectivity index (χ4v) is 3.54. The molecule has 0 aliphatic carbocycles. The summed E-state index contributed by atoms with van der Waals surface area (Å²) in [5.41, 5.74) is 3.71. The van der Waals surface area contributed by atoms with Crippen molar-refractivity contribution < 1.29 is 9.53 Å². The van der Waals surface area contributed by atoms with Crippen molar-refractivity contribution in [1.82, 2.24) is 5.32 Å². The minimum atomic E-state index is -0.149. The fraction of sp³-hybridized carbons (Fsp3) is 0.158. The number of rotatable bonds is 3. The molecule has 0 unspecified atom stereocenters. The molecule has 1 saturated heterocycles. The molecular weight excluding hydrogens is 356 g/mol. The van der Waals surface area contributed by atoms with Crippen LogP contribution in [0.25, 0.3) is 6.08 Å². The Morgan fingerprint density at radius 3 is 2.64 bits per heavy atom. The minimum absolute atomic E-state index is 0.149. The highest BCUT2D eigenvalue weighted by atomic mass is 35.5. The van der Waals surface area contributed by atoms with Crippen molar-refractivity contribution in [2.75, 3.05) is 7.11 Å². The maximum absolute atomic E-state index is 12.2. The highest BCUT2D eigenvalue weighted by molar-refractivity contribution is 8.18. The normalized spacial score (nSPS) is 17.2. The summed E-state index contributed by atoms with van der Waals surface area (Å²) >= 11 is 7.29. The highest BCUT2D eigenvalue weighted by Crippen LogP contribution is 2.30. The van der Waals surface area contributed by atoms with Gasteiger partial charge in [-0.15, -0.1) is 0 Å². The van der Waals surface area contributed by atoms with Crippen molar-refractivity contribution >= 4 is 46.2 Å². The zero-order valence-electron chi connectivity index (χ0n) is 14.1. The maximum atomic E-state index is 12.2. The van der Waals surface area contributed by atoms with Gasteiger partial charge in [0.05, 0.1) is 17.7 Å². The third-order valence-electron chi connectivity index (χ3n) is 3.75. The van der Waals surface area contributed by atoms with Crippen molar-refractivity contribution in [3.8, 4) is 5.75 Å². The van der Waals surface area contributed by atoms with E-state index in [1.54, 1.807) is 13.2 Å². The zero-order chi connectivity index (χ0) is 18.0. The van der Waals surface area contributed by atoms with Gasteiger partial charge in [-0.05, 0) is 78.7 Å². The molecule has 1 fully saturated rings. The van der Waals surface area contributed by atoms with Crippen molar-refractivity contribution in [3.05, 3.63) is 63.0 Å². The molecule has 1 aliphatic heterocycles. The average Bonchev–Trinajstić information content (AvgIpc) is 2.90. The number of halogens is 1. The van der Waals surface area contributed by atoms with Gasteiger partial charge in [0, 0.05) is 5.02 Å². The summed E-state index contributed by atoms with van der Waals surface area (Å²) in [5, 5.41) is 4.03. The Labute approximate surface area is 155 Å². The number of nitrogens with one attached hydrogen (secondary N) is 1. The lowest BCUT2D eigenvalue weighted by atomic mass is 10.1. The monoisotopic (exact) mass is 372 g/mol. The summed E-state index contributed by atoms with van der Waals surface area (Å²) in [5.74, 6) is 0.676. The topological polar surface area (TPSA) is 50.7 Å². The first-order valence-corrected chi connectivity index (χ1v) is 8.86. The van der Waals surface area contributed by atoms with Gasteiger partial charge in [-0.3, -0.25) is 4.79 Å². The molecule has 1 N–H and O–H groups in total. The Kier molecular flexibility index (Phi) is 5.16. The molecule has 6 heteroatoms. The van der Waals surface area contributed by atoms with Crippen LogP contribution in [0.3, 0.4) is 0 Å². The van der Waals surface area contributed by atoms with E-state index in [-0.39, 0.29) is 5.91 Å². The molecule has 0 atom stereocenters. The molecule has 1 heterocycles. The van der Waals surface area contributed by atoms with Gasteiger partial charge in [-0.1, -0.05) is 17.7 Å². The molecule has 2 aromatic rings. The van der Waals surface area contributed by atoms with E-state index in [9.17, 15) is 4.79 Å². The molecule has 1 amide bonds. The first-order valence-electron chi connectivity index (χ1n) is 7.66. The Morgan fingerprint density at radius 2 is 1.96 bits per heavy atom. The van der Waals surface area contributed by atoms with Gasteiger partial charge in [0.2, 0.25) is 0 Å². The summed E-state index contributed by atoms with van der Waals surface area (Å²) < 4.78 is 5.26. The van der Waals surface area contributed by atoms with E-state index in [4.69, 9.17) is 16.3 Å². The predicted molar refractivity (Wildman–Crippen MR) is 105 cm³/mol. The van der Waals surface area contributed by atoms with E-state index < -0.39 is 0 Å². The molecule has 3 rings (SSSR count). The van der Waals surface area contributed by atoms with Gasteiger partial charge >= 0.3 is 0 Å². The number of hydrogen-bond acceptors (Lipinski definition) is 4. The number of carbonyl (C=O) groups is 1. The van der Waals surface area contributed by atoms with Crippen LogP contribution in [0.5, 0.6) is 5.75 Å². The second kappa shape index (κ2) is 7.33. The summed E-state index contributed by atoms with van der Waals surface area (Å²) in [4.78, 5) is 17.3. The van der Waals surface area contributed by atoms with Gasteiger partial charge in [-0.2, -0.15) is 0 Å². The Hall–Kier alpha value is -2.24. The molecule has 2 aromatic carbocycles. The SMILES string of the molecule is COc1ccc(/C=C2\SC(=Nc3ccc(Cl)cc3C)NC2=O)cc1C. The van der Waals surface area contributed by atoms with Crippen LogP contribution in [0.15, 0.2) is 46.3 Å². The third-order valence-corrected chi connectivity index (χ3v) is 4.89. The van der Waals surface area contributed by atoms with E-state index >= 15 is 0 Å². The van der Waals surface area contributed by atoms with Crippen LogP contribution in [0.1, 0.15) is 16.7 Å². The summed E-state index contributed by atoms with van der Waals surface area (Å²) in [6.45, 7) is 3.91. The van der Waals surface area contributed by atoms with Crippen molar-refractivity contribution in [2.45, 2.75) is 13.8 Å². The number of thioether (sulfide) groups is 1. The molecule has 0 spiro atoms. The van der Waals surface area contributed by atoms with Gasteiger partial charge in [0.15, 0.2) is 5.17 Å². The molecule has 1 aliphatic rings. The largest absolute Gasteiger partial charge is 0.496 e. The van der Waals surface area contributed by atoms with Crippen LogP contribution in [0.4, 0.5) is 5.69 Å². The van der Waals surface area contributed by atoms with Crippen LogP contribution in [-0.4, -0.2) is 18.2 Å². The lowest BCUT2D eigenvalue weighted by Gasteiger charge is -2.04. The number of ether oxygens (including phenoxy) is 1. The number of carbonyl (C=O) groups excluding carboxylic acids is 1. The van der Waals surface area contributed by atoms with E-state index in [2.05, 4.69) is 10.3 Å². The summed E-state index contributed by atoms with van der Waals surface area (Å²) in [6, 6.07) is 11.3. The first kappa shape index (κ1) is 17.6. The number of methoxy groups -OCH3 is 1. The van der Waals surface area contributed by atoms with Crippen LogP contribution >= 0.6 is 23.4 Å². The van der Waals surface area contributed by atoms with Crippen LogP contribution in [0, 0.1) is 13.8 Å². The summed E-state index contributed by atoms with van der Waals surface area (Å²) in [6.07, 6.45) is 1.85. The first-order chi connectivity index (χ1) is 12.0. The van der Waals surface area contributed by atoms with Gasteiger partial charge < -0.3 is 10.1 Å². The zero-order valence-corrected chi connectivity index (χ0v) is 15.7. The number of nitrogens with zero attached hydrogens (tertiary/aromatic N) is 1. The van der Waals surface area contributed by atoms with E-state index in [1.165, 1.54) is 11.8 Å². The molecular formula is C19H17ClN2O2S. The van der Waals surface area contributed by atoms with E-state index in [0.29, 0.717) is 15.1 Å². The molecule has 128 valence electrons. The second-order valence-electron chi connectivity index (χ2n) is 5.64. The van der Waals surface area contributed by atoms with Crippen LogP contribution in [-0.2, 0) is 4.79 Å². The molecule has 0 bridgehead atoms. The highest BCUT2D eigenvalue weighted by Gasteiger charge is 2.24. The molecule has 25 heavy (non-hydrogen) atoms. The maximum Gasteiger partial charge on any atom is 0.264 e. The smallest absolute Gasteiger partial charge is 0.264 e. The van der Waals surface area contributed by atoms with E-state index in [0.717, 1.165) is 28.1 Å². The number of amides is 1. The predicted octanol–water partition coefficient (Wildman–Crippen LogP) is 4.86. The lowest BCUT2D eigenvalue weighted by Crippen LogP contribution is -2.19. The fourth-order valence-electron chi connectivity index (χ4n) is 2.48. The Morgan fingerprint density at radius 1 is 1.16 bits per heavy atom. The van der Waals surface area contributed by atoms with Crippen molar-refractivity contribution in [3.63, 3.8) is 0 Å². The average molecular weight is 373 g/mol. The molecule has 0 radical (unpaired) electrons.